The molecule has 4 aromatic rings. The lowest BCUT2D eigenvalue weighted by atomic mass is 10.0. The monoisotopic (exact) mass is 312 g/mol. The highest BCUT2D eigenvalue weighted by molar-refractivity contribution is 5.95. The molecule has 0 unspecified atom stereocenters. The number of ketones is 1. The molecule has 1 aromatic heterocycles. The Kier molecular flexibility index (Phi) is 3.47. The maximum absolute atomic E-state index is 11.5. The van der Waals surface area contributed by atoms with Gasteiger partial charge in [-0.15, -0.1) is 0 Å². The Balaban J connectivity index is 1.69. The van der Waals surface area contributed by atoms with Crippen LogP contribution in [0.4, 0.5) is 0 Å². The molecule has 0 saturated heterocycles. The van der Waals surface area contributed by atoms with Crippen molar-refractivity contribution in [3.63, 3.8) is 0 Å². The third kappa shape index (κ3) is 2.61. The molecule has 24 heavy (non-hydrogen) atoms. The fourth-order valence-electron chi connectivity index (χ4n) is 2.83. The summed E-state index contributed by atoms with van der Waals surface area (Å²) in [6.07, 6.45) is 0. The molecule has 0 saturated carbocycles. The summed E-state index contributed by atoms with van der Waals surface area (Å²) in [5, 5.41) is 0. The molecule has 4 rings (SSSR count). The van der Waals surface area contributed by atoms with E-state index in [0.29, 0.717) is 0 Å². The Morgan fingerprint density at radius 1 is 0.833 bits per heavy atom. The number of Topliss-reactive ketones (excluding diaryl/α,β-unsaturated/α-hetero) is 1. The normalized spacial score (nSPS) is 10.9. The number of H-pyrrole nitrogens is 1. The summed E-state index contributed by atoms with van der Waals surface area (Å²) in [7, 11) is 0. The number of nitrogens with zero attached hydrogens (tertiary/aromatic N) is 1. The van der Waals surface area contributed by atoms with Crippen molar-refractivity contribution < 1.29 is 4.79 Å². The number of rotatable bonds is 3. The predicted octanol–water partition coefficient (Wildman–Crippen LogP) is 5.10. The van der Waals surface area contributed by atoms with Gasteiger partial charge in [-0.1, -0.05) is 54.6 Å². The second-order valence-corrected chi connectivity index (χ2v) is 5.82. The van der Waals surface area contributed by atoms with Gasteiger partial charge in [0.25, 0.3) is 0 Å². The Morgan fingerprint density at radius 2 is 1.58 bits per heavy atom. The SMILES string of the molecule is CC(=O)c1cccc(-c2ccc(-c3nc4ccccc4[nH]3)cc2)c1. The standard InChI is InChI=1S/C21H16N2O/c1-14(24)17-5-4-6-18(13-17)15-9-11-16(12-10-15)21-22-19-7-2-3-8-20(19)23-21/h2-13H,1H3,(H,22,23). The van der Waals surface area contributed by atoms with Gasteiger partial charge in [-0.3, -0.25) is 4.79 Å². The molecule has 3 aromatic carbocycles. The number of fused-ring (bicyclic) bond motifs is 1. The molecule has 0 spiro atoms. The lowest BCUT2D eigenvalue weighted by Crippen LogP contribution is -1.91. The minimum atomic E-state index is 0.0794. The van der Waals surface area contributed by atoms with Crippen LogP contribution in [0.5, 0.6) is 0 Å². The van der Waals surface area contributed by atoms with Gasteiger partial charge < -0.3 is 4.98 Å². The van der Waals surface area contributed by atoms with Crippen molar-refractivity contribution in [1.29, 1.82) is 0 Å². The van der Waals surface area contributed by atoms with E-state index in [-0.39, 0.29) is 5.78 Å². The van der Waals surface area contributed by atoms with Gasteiger partial charge in [0.2, 0.25) is 0 Å². The first kappa shape index (κ1) is 14.4. The van der Waals surface area contributed by atoms with Gasteiger partial charge >= 0.3 is 0 Å². The Bertz CT molecular complexity index is 996. The van der Waals surface area contributed by atoms with Gasteiger partial charge in [0.15, 0.2) is 5.78 Å². The lowest BCUT2D eigenvalue weighted by Gasteiger charge is -2.05. The molecule has 3 heteroatoms. The molecular formula is C21H16N2O. The van der Waals surface area contributed by atoms with E-state index in [9.17, 15) is 4.79 Å². The smallest absolute Gasteiger partial charge is 0.159 e. The van der Waals surface area contributed by atoms with Gasteiger partial charge in [0.05, 0.1) is 11.0 Å². The number of hydrogen-bond donors (Lipinski definition) is 1. The van der Waals surface area contributed by atoms with Crippen molar-refractivity contribution in [3.05, 3.63) is 78.4 Å². The van der Waals surface area contributed by atoms with Crippen molar-refractivity contribution in [1.82, 2.24) is 9.97 Å². The van der Waals surface area contributed by atoms with Crippen LogP contribution in [0.2, 0.25) is 0 Å². The summed E-state index contributed by atoms with van der Waals surface area (Å²) in [6, 6.07) is 23.9. The fraction of sp³-hybridized carbons (Fsp3) is 0.0476. The van der Waals surface area contributed by atoms with Gasteiger partial charge in [0, 0.05) is 11.1 Å². The number of aromatic amines is 1. The van der Waals surface area contributed by atoms with Crippen molar-refractivity contribution >= 4 is 16.8 Å². The molecule has 0 aliphatic heterocycles. The number of benzene rings is 3. The van der Waals surface area contributed by atoms with Gasteiger partial charge in [-0.25, -0.2) is 4.98 Å². The molecular weight excluding hydrogens is 296 g/mol. The Morgan fingerprint density at radius 3 is 2.33 bits per heavy atom. The van der Waals surface area contributed by atoms with Crippen molar-refractivity contribution in [2.24, 2.45) is 0 Å². The zero-order chi connectivity index (χ0) is 16.5. The van der Waals surface area contributed by atoms with E-state index in [2.05, 4.69) is 22.1 Å². The average molecular weight is 312 g/mol. The van der Waals surface area contributed by atoms with Crippen LogP contribution in [0.15, 0.2) is 72.8 Å². The molecule has 1 N–H and O–H groups in total. The molecule has 0 aliphatic rings. The molecule has 116 valence electrons. The van der Waals surface area contributed by atoms with Crippen molar-refractivity contribution in [2.45, 2.75) is 6.92 Å². The third-order valence-corrected chi connectivity index (χ3v) is 4.15. The maximum atomic E-state index is 11.5. The van der Waals surface area contributed by atoms with E-state index in [1.807, 2.05) is 60.7 Å². The zero-order valence-electron chi connectivity index (χ0n) is 13.3. The van der Waals surface area contributed by atoms with Crippen LogP contribution in [0, 0.1) is 0 Å². The minimum absolute atomic E-state index is 0.0794. The Hall–Kier alpha value is -3.20. The predicted molar refractivity (Wildman–Crippen MR) is 97.0 cm³/mol. The average Bonchev–Trinajstić information content (AvgIpc) is 3.06. The maximum Gasteiger partial charge on any atom is 0.159 e. The summed E-state index contributed by atoms with van der Waals surface area (Å²) < 4.78 is 0. The number of carbonyl (C=O) groups is 1. The van der Waals surface area contributed by atoms with Crippen LogP contribution in [-0.2, 0) is 0 Å². The van der Waals surface area contributed by atoms with E-state index in [1.54, 1.807) is 6.92 Å². The summed E-state index contributed by atoms with van der Waals surface area (Å²) in [6.45, 7) is 1.59. The number of imidazole rings is 1. The number of hydrogen-bond acceptors (Lipinski definition) is 2. The number of nitrogens with one attached hydrogen (secondary N) is 1. The van der Waals surface area contributed by atoms with Crippen LogP contribution in [0.25, 0.3) is 33.5 Å². The first-order chi connectivity index (χ1) is 11.7. The van der Waals surface area contributed by atoms with Crippen molar-refractivity contribution in [3.8, 4) is 22.5 Å². The second kappa shape index (κ2) is 5.78. The quantitative estimate of drug-likeness (QED) is 0.535. The number of aromatic nitrogens is 2. The summed E-state index contributed by atoms with van der Waals surface area (Å²) >= 11 is 0. The van der Waals surface area contributed by atoms with Gasteiger partial charge in [-0.05, 0) is 36.2 Å². The highest BCUT2D eigenvalue weighted by Crippen LogP contribution is 2.25. The van der Waals surface area contributed by atoms with E-state index in [1.165, 1.54) is 0 Å². The summed E-state index contributed by atoms with van der Waals surface area (Å²) in [4.78, 5) is 19.5. The summed E-state index contributed by atoms with van der Waals surface area (Å²) in [5.74, 6) is 0.941. The molecule has 0 bridgehead atoms. The highest BCUT2D eigenvalue weighted by Gasteiger charge is 2.06. The van der Waals surface area contributed by atoms with Crippen molar-refractivity contribution in [2.75, 3.05) is 0 Å². The molecule has 0 radical (unpaired) electrons. The van der Waals surface area contributed by atoms with E-state index in [4.69, 9.17) is 0 Å². The second-order valence-electron chi connectivity index (χ2n) is 5.82. The van der Waals surface area contributed by atoms with E-state index in [0.717, 1.165) is 39.1 Å². The van der Waals surface area contributed by atoms with E-state index >= 15 is 0 Å². The van der Waals surface area contributed by atoms with E-state index < -0.39 is 0 Å². The minimum Gasteiger partial charge on any atom is -0.338 e. The molecule has 0 amide bonds. The fourth-order valence-corrected chi connectivity index (χ4v) is 2.83. The first-order valence-electron chi connectivity index (χ1n) is 7.87. The molecule has 3 nitrogen and oxygen atoms in total. The zero-order valence-corrected chi connectivity index (χ0v) is 13.3. The van der Waals surface area contributed by atoms with Crippen LogP contribution in [0.3, 0.4) is 0 Å². The Labute approximate surface area is 140 Å². The molecule has 0 atom stereocenters. The number of carbonyl (C=O) groups excluding carboxylic acids is 1. The third-order valence-electron chi connectivity index (χ3n) is 4.15. The molecule has 0 aliphatic carbocycles. The number of para-hydroxylation sites is 2. The van der Waals surface area contributed by atoms with Crippen LogP contribution < -0.4 is 0 Å². The van der Waals surface area contributed by atoms with Crippen LogP contribution >= 0.6 is 0 Å². The first-order valence-corrected chi connectivity index (χ1v) is 7.87. The summed E-state index contributed by atoms with van der Waals surface area (Å²) in [5.41, 5.74) is 5.89. The molecule has 1 heterocycles. The van der Waals surface area contributed by atoms with Gasteiger partial charge in [0.1, 0.15) is 5.82 Å². The molecule has 0 fully saturated rings. The highest BCUT2D eigenvalue weighted by atomic mass is 16.1. The topological polar surface area (TPSA) is 45.8 Å². The van der Waals surface area contributed by atoms with Gasteiger partial charge in [-0.2, -0.15) is 0 Å². The largest absolute Gasteiger partial charge is 0.338 e. The van der Waals surface area contributed by atoms with Crippen LogP contribution in [-0.4, -0.2) is 15.8 Å². The van der Waals surface area contributed by atoms with Crippen LogP contribution in [0.1, 0.15) is 17.3 Å². The lowest BCUT2D eigenvalue weighted by molar-refractivity contribution is 0.101.